The van der Waals surface area contributed by atoms with Gasteiger partial charge in [-0.25, -0.2) is 4.98 Å². The lowest BCUT2D eigenvalue weighted by Crippen LogP contribution is -2.04. The number of aryl methyl sites for hydroxylation is 1. The Morgan fingerprint density at radius 2 is 2.21 bits per heavy atom. The molecule has 14 heavy (non-hydrogen) atoms. The SMILES string of the molecule is Cc1cscc1C(=O)c1cnccn1. The van der Waals surface area contributed by atoms with E-state index >= 15 is 0 Å². The lowest BCUT2D eigenvalue weighted by molar-refractivity contribution is 0.103. The van der Waals surface area contributed by atoms with Crippen LogP contribution in [0.4, 0.5) is 0 Å². The first-order valence-electron chi connectivity index (χ1n) is 4.12. The Balaban J connectivity index is 2.39. The third-order valence-corrected chi connectivity index (χ3v) is 2.76. The molecule has 0 unspecified atom stereocenters. The Bertz CT molecular complexity index is 450. The summed E-state index contributed by atoms with van der Waals surface area (Å²) in [4.78, 5) is 19.7. The van der Waals surface area contributed by atoms with Crippen LogP contribution in [0.3, 0.4) is 0 Å². The van der Waals surface area contributed by atoms with Gasteiger partial charge in [-0.15, -0.1) is 0 Å². The molecule has 0 aliphatic carbocycles. The van der Waals surface area contributed by atoms with Gasteiger partial charge in [0.25, 0.3) is 0 Å². The molecule has 4 heteroatoms. The maximum atomic E-state index is 11.8. The minimum absolute atomic E-state index is 0.0585. The second kappa shape index (κ2) is 3.67. The monoisotopic (exact) mass is 204 g/mol. The van der Waals surface area contributed by atoms with E-state index < -0.39 is 0 Å². The quantitative estimate of drug-likeness (QED) is 0.703. The fourth-order valence-electron chi connectivity index (χ4n) is 1.15. The molecular formula is C10H8N2OS. The molecule has 2 aromatic heterocycles. The van der Waals surface area contributed by atoms with Crippen molar-refractivity contribution in [2.75, 3.05) is 0 Å². The zero-order valence-electron chi connectivity index (χ0n) is 7.60. The van der Waals surface area contributed by atoms with Crippen molar-refractivity contribution in [3.63, 3.8) is 0 Å². The van der Waals surface area contributed by atoms with Crippen LogP contribution in [-0.4, -0.2) is 15.8 Å². The maximum Gasteiger partial charge on any atom is 0.214 e. The molecule has 0 N–H and O–H groups in total. The summed E-state index contributed by atoms with van der Waals surface area (Å²) in [6, 6.07) is 0. The minimum atomic E-state index is -0.0585. The summed E-state index contributed by atoms with van der Waals surface area (Å²) >= 11 is 1.52. The standard InChI is InChI=1S/C10H8N2OS/c1-7-5-14-6-8(7)10(13)9-4-11-2-3-12-9/h2-6H,1H3. The zero-order valence-corrected chi connectivity index (χ0v) is 8.41. The fraction of sp³-hybridized carbons (Fsp3) is 0.100. The Kier molecular flexibility index (Phi) is 2.37. The summed E-state index contributed by atoms with van der Waals surface area (Å²) in [5.41, 5.74) is 2.11. The summed E-state index contributed by atoms with van der Waals surface area (Å²) in [5, 5.41) is 3.79. The van der Waals surface area contributed by atoms with Crippen LogP contribution in [0.25, 0.3) is 0 Å². The minimum Gasteiger partial charge on any atom is -0.287 e. The van der Waals surface area contributed by atoms with Crippen molar-refractivity contribution in [1.29, 1.82) is 0 Å². The molecule has 0 bridgehead atoms. The number of carbonyl (C=O) groups is 1. The van der Waals surface area contributed by atoms with Gasteiger partial charge in [0.05, 0.1) is 6.20 Å². The van der Waals surface area contributed by atoms with Gasteiger partial charge in [0.1, 0.15) is 5.69 Å². The van der Waals surface area contributed by atoms with Crippen LogP contribution in [0.15, 0.2) is 29.4 Å². The van der Waals surface area contributed by atoms with Crippen molar-refractivity contribution in [2.45, 2.75) is 6.92 Å². The highest BCUT2D eigenvalue weighted by atomic mass is 32.1. The zero-order chi connectivity index (χ0) is 9.97. The lowest BCUT2D eigenvalue weighted by Gasteiger charge is -1.97. The van der Waals surface area contributed by atoms with Crippen LogP contribution in [0.2, 0.25) is 0 Å². The molecular weight excluding hydrogens is 196 g/mol. The number of nitrogens with zero attached hydrogens (tertiary/aromatic N) is 2. The molecule has 70 valence electrons. The average molecular weight is 204 g/mol. The molecule has 3 nitrogen and oxygen atoms in total. The molecule has 0 aliphatic rings. The molecule has 0 atom stereocenters. The molecule has 0 spiro atoms. The van der Waals surface area contributed by atoms with Crippen molar-refractivity contribution in [3.05, 3.63) is 46.2 Å². The first-order chi connectivity index (χ1) is 6.79. The topological polar surface area (TPSA) is 42.9 Å². The van der Waals surface area contributed by atoms with E-state index in [-0.39, 0.29) is 5.78 Å². The van der Waals surface area contributed by atoms with E-state index in [9.17, 15) is 4.79 Å². The van der Waals surface area contributed by atoms with Gasteiger partial charge in [0, 0.05) is 23.3 Å². The Hall–Kier alpha value is -1.55. The van der Waals surface area contributed by atoms with Gasteiger partial charge in [-0.1, -0.05) is 0 Å². The molecule has 0 fully saturated rings. The van der Waals surface area contributed by atoms with Gasteiger partial charge in [-0.2, -0.15) is 11.3 Å². The highest BCUT2D eigenvalue weighted by molar-refractivity contribution is 7.08. The number of thiophene rings is 1. The van der Waals surface area contributed by atoms with E-state index in [4.69, 9.17) is 0 Å². The number of rotatable bonds is 2. The van der Waals surface area contributed by atoms with Crippen LogP contribution in [-0.2, 0) is 0 Å². The molecule has 0 radical (unpaired) electrons. The number of aromatic nitrogens is 2. The van der Waals surface area contributed by atoms with E-state index in [1.165, 1.54) is 23.7 Å². The number of carbonyl (C=O) groups excluding carboxylic acids is 1. The average Bonchev–Trinajstić information content (AvgIpc) is 2.65. The van der Waals surface area contributed by atoms with E-state index in [2.05, 4.69) is 9.97 Å². The first-order valence-corrected chi connectivity index (χ1v) is 5.07. The summed E-state index contributed by atoms with van der Waals surface area (Å²) in [7, 11) is 0. The molecule has 0 aliphatic heterocycles. The van der Waals surface area contributed by atoms with E-state index in [0.29, 0.717) is 5.69 Å². The van der Waals surface area contributed by atoms with Crippen LogP contribution >= 0.6 is 11.3 Å². The molecule has 2 rings (SSSR count). The maximum absolute atomic E-state index is 11.8. The van der Waals surface area contributed by atoms with Gasteiger partial charge >= 0.3 is 0 Å². The summed E-state index contributed by atoms with van der Waals surface area (Å²) < 4.78 is 0. The van der Waals surface area contributed by atoms with Gasteiger partial charge in [-0.05, 0) is 17.9 Å². The third-order valence-electron chi connectivity index (χ3n) is 1.90. The van der Waals surface area contributed by atoms with Gasteiger partial charge in [-0.3, -0.25) is 9.78 Å². The third kappa shape index (κ3) is 1.56. The largest absolute Gasteiger partial charge is 0.287 e. The molecule has 2 aromatic rings. The Morgan fingerprint density at radius 1 is 1.36 bits per heavy atom. The normalized spacial score (nSPS) is 10.1. The molecule has 0 aromatic carbocycles. The van der Waals surface area contributed by atoms with Crippen molar-refractivity contribution in [1.82, 2.24) is 9.97 Å². The van der Waals surface area contributed by atoms with Gasteiger partial charge in [0.15, 0.2) is 0 Å². The molecule has 0 saturated carbocycles. The predicted octanol–water partition coefficient (Wildman–Crippen LogP) is 2.08. The highest BCUT2D eigenvalue weighted by Gasteiger charge is 2.13. The van der Waals surface area contributed by atoms with Crippen LogP contribution in [0, 0.1) is 6.92 Å². The highest BCUT2D eigenvalue weighted by Crippen LogP contribution is 2.16. The van der Waals surface area contributed by atoms with Crippen molar-refractivity contribution < 1.29 is 4.79 Å². The molecule has 2 heterocycles. The second-order valence-corrected chi connectivity index (χ2v) is 3.63. The van der Waals surface area contributed by atoms with Gasteiger partial charge < -0.3 is 0 Å². The summed E-state index contributed by atoms with van der Waals surface area (Å²) in [5.74, 6) is -0.0585. The number of ketones is 1. The second-order valence-electron chi connectivity index (χ2n) is 2.89. The summed E-state index contributed by atoms with van der Waals surface area (Å²) in [6.45, 7) is 1.92. The van der Waals surface area contributed by atoms with Crippen LogP contribution < -0.4 is 0 Å². The molecule has 0 saturated heterocycles. The van der Waals surface area contributed by atoms with E-state index in [1.807, 2.05) is 17.7 Å². The predicted molar refractivity (Wildman–Crippen MR) is 54.5 cm³/mol. The smallest absolute Gasteiger partial charge is 0.214 e. The Morgan fingerprint density at radius 3 is 2.79 bits per heavy atom. The number of hydrogen-bond donors (Lipinski definition) is 0. The van der Waals surface area contributed by atoms with Gasteiger partial charge in [0.2, 0.25) is 5.78 Å². The summed E-state index contributed by atoms with van der Waals surface area (Å²) in [6.07, 6.45) is 4.56. The number of hydrogen-bond acceptors (Lipinski definition) is 4. The van der Waals surface area contributed by atoms with Crippen LogP contribution in [0.5, 0.6) is 0 Å². The van der Waals surface area contributed by atoms with Crippen molar-refractivity contribution >= 4 is 17.1 Å². The van der Waals surface area contributed by atoms with Crippen LogP contribution in [0.1, 0.15) is 21.6 Å². The van der Waals surface area contributed by atoms with E-state index in [1.54, 1.807) is 6.20 Å². The lowest BCUT2D eigenvalue weighted by atomic mass is 10.1. The first kappa shape index (κ1) is 9.02. The fourth-order valence-corrected chi connectivity index (χ4v) is 1.98. The van der Waals surface area contributed by atoms with Crippen molar-refractivity contribution in [3.8, 4) is 0 Å². The van der Waals surface area contributed by atoms with Crippen molar-refractivity contribution in [2.24, 2.45) is 0 Å². The Labute approximate surface area is 85.5 Å². The van der Waals surface area contributed by atoms with E-state index in [0.717, 1.165) is 11.1 Å². The molecule has 0 amide bonds.